The van der Waals surface area contributed by atoms with Crippen molar-refractivity contribution >= 4 is 23.4 Å². The van der Waals surface area contributed by atoms with E-state index in [4.69, 9.17) is 0 Å². The molecule has 0 radical (unpaired) electrons. The van der Waals surface area contributed by atoms with E-state index >= 15 is 0 Å². The zero-order valence-electron chi connectivity index (χ0n) is 15.0. The second-order valence-electron chi connectivity index (χ2n) is 6.63. The Morgan fingerprint density at radius 2 is 1.92 bits per heavy atom. The maximum absolute atomic E-state index is 12.8. The molecular weight excluding hydrogens is 330 g/mol. The molecule has 26 heavy (non-hydrogen) atoms. The van der Waals surface area contributed by atoms with Crippen molar-refractivity contribution in [3.05, 3.63) is 54.2 Å². The maximum atomic E-state index is 12.8. The molecule has 0 unspecified atom stereocenters. The number of aromatic nitrogens is 1. The average Bonchev–Trinajstić information content (AvgIpc) is 2.67. The third-order valence-corrected chi connectivity index (χ3v) is 5.05. The van der Waals surface area contributed by atoms with Crippen LogP contribution in [0.5, 0.6) is 0 Å². The quantitative estimate of drug-likeness (QED) is 0.914. The number of anilines is 2. The predicted octanol–water partition coefficient (Wildman–Crippen LogP) is 3.17. The summed E-state index contributed by atoms with van der Waals surface area (Å²) in [4.78, 5) is 32.2. The Hall–Kier alpha value is -2.89. The summed E-state index contributed by atoms with van der Waals surface area (Å²) in [5.41, 5.74) is 1.49. The van der Waals surface area contributed by atoms with Gasteiger partial charge in [0.25, 0.3) is 5.91 Å². The molecule has 3 rings (SSSR count). The number of aliphatic carboxylic acids is 1. The van der Waals surface area contributed by atoms with Gasteiger partial charge < -0.3 is 14.9 Å². The van der Waals surface area contributed by atoms with Gasteiger partial charge >= 0.3 is 5.97 Å². The molecule has 6 nitrogen and oxygen atoms in total. The number of carbonyl (C=O) groups is 2. The van der Waals surface area contributed by atoms with E-state index in [2.05, 4.69) is 4.98 Å². The minimum absolute atomic E-state index is 0.162. The number of para-hydroxylation sites is 1. The minimum atomic E-state index is -0.840. The number of pyridine rings is 1. The summed E-state index contributed by atoms with van der Waals surface area (Å²) in [5.74, 6) is -0.773. The third kappa shape index (κ3) is 3.54. The van der Waals surface area contributed by atoms with Gasteiger partial charge in [-0.05, 0) is 44.0 Å². The fourth-order valence-electron chi connectivity index (χ4n) is 3.42. The summed E-state index contributed by atoms with van der Waals surface area (Å²) in [6, 6.07) is 13.1. The number of piperidine rings is 1. The molecule has 1 aromatic carbocycles. The normalized spacial score (nSPS) is 19.8. The molecule has 136 valence electrons. The van der Waals surface area contributed by atoms with Crippen molar-refractivity contribution in [3.8, 4) is 0 Å². The number of carboxylic acids is 1. The molecule has 0 spiro atoms. The first kappa shape index (κ1) is 17.9. The van der Waals surface area contributed by atoms with E-state index in [0.29, 0.717) is 24.9 Å². The second-order valence-corrected chi connectivity index (χ2v) is 6.63. The number of hydrogen-bond acceptors (Lipinski definition) is 4. The van der Waals surface area contributed by atoms with E-state index in [1.54, 1.807) is 24.1 Å². The van der Waals surface area contributed by atoms with Gasteiger partial charge in [0.05, 0.1) is 11.5 Å². The fraction of sp³-hybridized carbons (Fsp3) is 0.350. The van der Waals surface area contributed by atoms with Crippen molar-refractivity contribution in [2.75, 3.05) is 18.5 Å². The highest BCUT2D eigenvalue weighted by molar-refractivity contribution is 5.94. The lowest BCUT2D eigenvalue weighted by molar-refractivity contribution is -0.144. The first-order chi connectivity index (χ1) is 12.5. The van der Waals surface area contributed by atoms with Crippen LogP contribution in [0.3, 0.4) is 0 Å². The highest BCUT2D eigenvalue weighted by atomic mass is 16.4. The van der Waals surface area contributed by atoms with Crippen molar-refractivity contribution in [1.82, 2.24) is 9.88 Å². The van der Waals surface area contributed by atoms with Gasteiger partial charge in [-0.25, -0.2) is 4.98 Å². The number of benzene rings is 1. The van der Waals surface area contributed by atoms with Crippen LogP contribution in [0, 0.1) is 5.92 Å². The number of hydrogen-bond donors (Lipinski definition) is 1. The molecule has 2 aromatic rings. The largest absolute Gasteiger partial charge is 0.481 e. The van der Waals surface area contributed by atoms with E-state index in [9.17, 15) is 14.7 Å². The summed E-state index contributed by atoms with van der Waals surface area (Å²) in [6.45, 7) is 2.39. The molecule has 2 atom stereocenters. The summed E-state index contributed by atoms with van der Waals surface area (Å²) in [5, 5.41) is 9.33. The van der Waals surface area contributed by atoms with Gasteiger partial charge in [-0.15, -0.1) is 0 Å². The molecule has 1 aliphatic heterocycles. The lowest BCUT2D eigenvalue weighted by Crippen LogP contribution is -2.49. The Bertz CT molecular complexity index is 777. The Morgan fingerprint density at radius 1 is 1.19 bits per heavy atom. The van der Waals surface area contributed by atoms with Crippen LogP contribution in [-0.2, 0) is 4.79 Å². The van der Waals surface area contributed by atoms with Crippen molar-refractivity contribution < 1.29 is 14.7 Å². The first-order valence-electron chi connectivity index (χ1n) is 8.77. The third-order valence-electron chi connectivity index (χ3n) is 5.05. The maximum Gasteiger partial charge on any atom is 0.308 e. The van der Waals surface area contributed by atoms with Crippen molar-refractivity contribution in [2.24, 2.45) is 5.92 Å². The SMILES string of the molecule is C[C@@H]1[C@H](C(=O)O)CCCN1C(=O)c1ccc(N(C)c2ccccc2)nc1. The van der Waals surface area contributed by atoms with Crippen molar-refractivity contribution in [1.29, 1.82) is 0 Å². The molecule has 0 bridgehead atoms. The summed E-state index contributed by atoms with van der Waals surface area (Å²) in [6.07, 6.45) is 2.88. The number of rotatable bonds is 4. The minimum Gasteiger partial charge on any atom is -0.481 e. The van der Waals surface area contributed by atoms with Gasteiger partial charge in [-0.1, -0.05) is 18.2 Å². The monoisotopic (exact) mass is 353 g/mol. The van der Waals surface area contributed by atoms with Crippen LogP contribution in [-0.4, -0.2) is 46.5 Å². The number of carbonyl (C=O) groups excluding carboxylic acids is 1. The lowest BCUT2D eigenvalue weighted by Gasteiger charge is -2.37. The number of carboxylic acid groups (broad SMARTS) is 1. The molecule has 1 saturated heterocycles. The average molecular weight is 353 g/mol. The smallest absolute Gasteiger partial charge is 0.308 e. The number of likely N-dealkylation sites (tertiary alicyclic amines) is 1. The second kappa shape index (κ2) is 7.56. The van der Waals surface area contributed by atoms with Crippen molar-refractivity contribution in [2.45, 2.75) is 25.8 Å². The molecule has 0 saturated carbocycles. The van der Waals surface area contributed by atoms with Crippen LogP contribution in [0.15, 0.2) is 48.7 Å². The topological polar surface area (TPSA) is 73.7 Å². The predicted molar refractivity (Wildman–Crippen MR) is 99.6 cm³/mol. The zero-order valence-corrected chi connectivity index (χ0v) is 15.0. The van der Waals surface area contributed by atoms with E-state index in [1.165, 1.54) is 0 Å². The molecule has 2 heterocycles. The zero-order chi connectivity index (χ0) is 18.7. The molecule has 6 heteroatoms. The van der Waals surface area contributed by atoms with Gasteiger partial charge in [0.15, 0.2) is 0 Å². The molecule has 1 amide bonds. The summed E-state index contributed by atoms with van der Waals surface area (Å²) < 4.78 is 0. The van der Waals surface area contributed by atoms with Crippen LogP contribution in [0.1, 0.15) is 30.1 Å². The van der Waals surface area contributed by atoms with Crippen LogP contribution in [0.2, 0.25) is 0 Å². The lowest BCUT2D eigenvalue weighted by atomic mass is 9.90. The van der Waals surface area contributed by atoms with Gasteiger partial charge in [0.1, 0.15) is 5.82 Å². The molecule has 1 aliphatic rings. The van der Waals surface area contributed by atoms with Gasteiger partial charge in [-0.3, -0.25) is 9.59 Å². The van der Waals surface area contributed by atoms with E-state index in [-0.39, 0.29) is 11.9 Å². The molecule has 1 fully saturated rings. The highest BCUT2D eigenvalue weighted by Crippen LogP contribution is 2.26. The Balaban J connectivity index is 1.76. The summed E-state index contributed by atoms with van der Waals surface area (Å²) >= 11 is 0. The van der Waals surface area contributed by atoms with Crippen molar-refractivity contribution in [3.63, 3.8) is 0 Å². The number of nitrogens with zero attached hydrogens (tertiary/aromatic N) is 3. The number of amides is 1. The van der Waals surface area contributed by atoms with E-state index in [0.717, 1.165) is 11.5 Å². The molecule has 0 aliphatic carbocycles. The van der Waals surface area contributed by atoms with Crippen LogP contribution in [0.25, 0.3) is 0 Å². The van der Waals surface area contributed by atoms with Gasteiger partial charge in [0.2, 0.25) is 0 Å². The van der Waals surface area contributed by atoms with Gasteiger partial charge in [-0.2, -0.15) is 0 Å². The molecular formula is C20H23N3O3. The molecule has 1 N–H and O–H groups in total. The first-order valence-corrected chi connectivity index (χ1v) is 8.77. The fourth-order valence-corrected chi connectivity index (χ4v) is 3.42. The van der Waals surface area contributed by atoms with Crippen LogP contribution in [0.4, 0.5) is 11.5 Å². The standard InChI is InChI=1S/C20H23N3O3/c1-14-17(20(25)26)9-6-12-23(14)19(24)15-10-11-18(21-13-15)22(2)16-7-4-3-5-8-16/h3-5,7-8,10-11,13-14,17H,6,9,12H2,1-2H3,(H,25,26)/t14-,17-/m1/s1. The van der Waals surface area contributed by atoms with E-state index in [1.807, 2.05) is 48.3 Å². The van der Waals surface area contributed by atoms with Crippen LogP contribution < -0.4 is 4.90 Å². The Labute approximate surface area is 153 Å². The highest BCUT2D eigenvalue weighted by Gasteiger charge is 2.35. The van der Waals surface area contributed by atoms with Gasteiger partial charge in [0, 0.05) is 31.5 Å². The molecule has 1 aromatic heterocycles. The Morgan fingerprint density at radius 3 is 2.54 bits per heavy atom. The Kier molecular flexibility index (Phi) is 5.21. The van der Waals surface area contributed by atoms with E-state index < -0.39 is 11.9 Å². The van der Waals surface area contributed by atoms with Crippen LogP contribution >= 0.6 is 0 Å². The summed E-state index contributed by atoms with van der Waals surface area (Å²) in [7, 11) is 1.92.